The molecule has 0 saturated carbocycles. The number of nitrogens with one attached hydrogen (secondary N) is 2. The van der Waals surface area contributed by atoms with Gasteiger partial charge in [-0.05, 0) is 55.6 Å². The number of anilines is 1. The lowest BCUT2D eigenvalue weighted by Gasteiger charge is -2.11. The summed E-state index contributed by atoms with van der Waals surface area (Å²) in [4.78, 5) is 25.5. The van der Waals surface area contributed by atoms with Gasteiger partial charge >= 0.3 is 0 Å². The normalized spacial score (nSPS) is 10.9. The van der Waals surface area contributed by atoms with Crippen LogP contribution in [-0.2, 0) is 16.1 Å². The van der Waals surface area contributed by atoms with E-state index in [1.807, 2.05) is 32.3 Å². The number of likely N-dealkylation sites (N-methyl/N-ethyl adjacent to an activating group) is 1. The van der Waals surface area contributed by atoms with Crippen molar-refractivity contribution in [2.45, 2.75) is 6.54 Å². The number of carbonyl (C=O) groups is 2. The van der Waals surface area contributed by atoms with Crippen molar-refractivity contribution >= 4 is 23.6 Å². The molecule has 0 heterocycles. The molecule has 26 heavy (non-hydrogen) atoms. The number of hydrogen-bond donors (Lipinski definition) is 2. The number of hydrogen-bond acceptors (Lipinski definition) is 3. The van der Waals surface area contributed by atoms with Crippen molar-refractivity contribution in [1.29, 1.82) is 0 Å². The van der Waals surface area contributed by atoms with Crippen LogP contribution in [0.4, 0.5) is 10.1 Å². The summed E-state index contributed by atoms with van der Waals surface area (Å²) < 4.78 is 12.8. The van der Waals surface area contributed by atoms with Crippen molar-refractivity contribution in [3.05, 3.63) is 71.6 Å². The van der Waals surface area contributed by atoms with Gasteiger partial charge in [-0.1, -0.05) is 24.3 Å². The molecule has 0 atom stereocenters. The molecule has 2 aromatic carbocycles. The van der Waals surface area contributed by atoms with Gasteiger partial charge in [-0.15, -0.1) is 0 Å². The number of halogens is 1. The molecule has 2 amide bonds. The molecule has 0 aliphatic heterocycles. The minimum absolute atomic E-state index is 0.0987. The van der Waals surface area contributed by atoms with Gasteiger partial charge in [-0.25, -0.2) is 4.39 Å². The minimum atomic E-state index is -0.316. The van der Waals surface area contributed by atoms with Gasteiger partial charge in [0.1, 0.15) is 5.82 Å². The molecule has 2 aromatic rings. The summed E-state index contributed by atoms with van der Waals surface area (Å²) in [5.74, 6) is -0.668. The monoisotopic (exact) mass is 355 g/mol. The predicted molar refractivity (Wildman–Crippen MR) is 101 cm³/mol. The Morgan fingerprint density at radius 1 is 1.12 bits per heavy atom. The van der Waals surface area contributed by atoms with Gasteiger partial charge in [0, 0.05) is 18.3 Å². The number of rotatable bonds is 7. The van der Waals surface area contributed by atoms with Crippen LogP contribution in [0.15, 0.2) is 54.6 Å². The third-order valence-electron chi connectivity index (χ3n) is 3.43. The van der Waals surface area contributed by atoms with Gasteiger partial charge in [-0.2, -0.15) is 0 Å². The maximum Gasteiger partial charge on any atom is 0.244 e. The highest BCUT2D eigenvalue weighted by atomic mass is 19.1. The standard InChI is InChI=1S/C20H22FN3O2/c1-24(2)14-20(26)23-18-5-3-4-16(12-18)13-22-19(25)11-8-15-6-9-17(21)10-7-15/h3-12H,13-14H2,1-2H3,(H,22,25)(H,23,26)/b11-8+. The number of amides is 2. The van der Waals surface area contributed by atoms with Crippen molar-refractivity contribution < 1.29 is 14.0 Å². The Balaban J connectivity index is 1.86. The van der Waals surface area contributed by atoms with Crippen LogP contribution < -0.4 is 10.6 Å². The number of nitrogens with zero attached hydrogens (tertiary/aromatic N) is 1. The zero-order valence-electron chi connectivity index (χ0n) is 14.8. The summed E-state index contributed by atoms with van der Waals surface area (Å²) in [6.07, 6.45) is 3.02. The maximum atomic E-state index is 12.8. The van der Waals surface area contributed by atoms with Gasteiger partial charge in [0.2, 0.25) is 11.8 Å². The van der Waals surface area contributed by atoms with Crippen LogP contribution in [0.1, 0.15) is 11.1 Å². The molecule has 5 nitrogen and oxygen atoms in total. The van der Waals surface area contributed by atoms with Gasteiger partial charge in [0.15, 0.2) is 0 Å². The van der Waals surface area contributed by atoms with Crippen molar-refractivity contribution in [2.24, 2.45) is 0 Å². The van der Waals surface area contributed by atoms with Crippen LogP contribution in [0.2, 0.25) is 0 Å². The molecule has 0 unspecified atom stereocenters. The van der Waals surface area contributed by atoms with Crippen LogP contribution >= 0.6 is 0 Å². The Morgan fingerprint density at radius 3 is 2.54 bits per heavy atom. The average Bonchev–Trinajstić information content (AvgIpc) is 2.59. The minimum Gasteiger partial charge on any atom is -0.348 e. The van der Waals surface area contributed by atoms with Gasteiger partial charge in [0.05, 0.1) is 6.54 Å². The van der Waals surface area contributed by atoms with Gasteiger partial charge < -0.3 is 15.5 Å². The molecule has 6 heteroatoms. The summed E-state index contributed by atoms with van der Waals surface area (Å²) in [5.41, 5.74) is 2.30. The molecule has 0 bridgehead atoms. The Hall–Kier alpha value is -2.99. The molecule has 0 fully saturated rings. The van der Waals surface area contributed by atoms with E-state index in [0.29, 0.717) is 18.8 Å². The molecule has 0 radical (unpaired) electrons. The van der Waals surface area contributed by atoms with E-state index >= 15 is 0 Å². The summed E-state index contributed by atoms with van der Waals surface area (Å²) in [6.45, 7) is 0.638. The van der Waals surface area contributed by atoms with Gasteiger partial charge in [-0.3, -0.25) is 9.59 Å². The smallest absolute Gasteiger partial charge is 0.244 e. The molecule has 136 valence electrons. The summed E-state index contributed by atoms with van der Waals surface area (Å²) >= 11 is 0. The Kier molecular flexibility index (Phi) is 7.05. The first-order valence-electron chi connectivity index (χ1n) is 8.17. The van der Waals surface area contributed by atoms with E-state index in [4.69, 9.17) is 0 Å². The largest absolute Gasteiger partial charge is 0.348 e. The fraction of sp³-hybridized carbons (Fsp3) is 0.200. The van der Waals surface area contributed by atoms with Gasteiger partial charge in [0.25, 0.3) is 0 Å². The second-order valence-electron chi connectivity index (χ2n) is 6.09. The van der Waals surface area contributed by atoms with Crippen LogP contribution in [0.25, 0.3) is 6.08 Å². The van der Waals surface area contributed by atoms with Crippen molar-refractivity contribution in [1.82, 2.24) is 10.2 Å². The predicted octanol–water partition coefficient (Wildman–Crippen LogP) is 2.66. The number of benzene rings is 2. The first-order chi connectivity index (χ1) is 12.4. The Labute approximate surface area is 152 Å². The lowest BCUT2D eigenvalue weighted by molar-refractivity contribution is -0.117. The van der Waals surface area contributed by atoms with Crippen LogP contribution in [-0.4, -0.2) is 37.4 Å². The lowest BCUT2D eigenvalue weighted by Crippen LogP contribution is -2.27. The van der Waals surface area contributed by atoms with E-state index in [2.05, 4.69) is 10.6 Å². The quantitative estimate of drug-likeness (QED) is 0.751. The second kappa shape index (κ2) is 9.48. The second-order valence-corrected chi connectivity index (χ2v) is 6.09. The fourth-order valence-corrected chi connectivity index (χ4v) is 2.24. The Morgan fingerprint density at radius 2 is 1.85 bits per heavy atom. The summed E-state index contributed by atoms with van der Waals surface area (Å²) in [6, 6.07) is 13.2. The third-order valence-corrected chi connectivity index (χ3v) is 3.43. The highest BCUT2D eigenvalue weighted by molar-refractivity contribution is 5.92. The maximum absolute atomic E-state index is 12.8. The van der Waals surface area contributed by atoms with E-state index in [0.717, 1.165) is 11.1 Å². The molecule has 0 aliphatic carbocycles. The first kappa shape index (κ1) is 19.3. The molecule has 0 aromatic heterocycles. The van der Waals surface area contributed by atoms with Crippen LogP contribution in [0, 0.1) is 5.82 Å². The topological polar surface area (TPSA) is 61.4 Å². The summed E-state index contributed by atoms with van der Waals surface area (Å²) in [5, 5.41) is 5.59. The van der Waals surface area contributed by atoms with E-state index in [1.54, 1.807) is 29.2 Å². The molecular formula is C20H22FN3O2. The first-order valence-corrected chi connectivity index (χ1v) is 8.17. The number of carbonyl (C=O) groups excluding carboxylic acids is 2. The third kappa shape index (κ3) is 6.86. The van der Waals surface area contributed by atoms with E-state index in [1.165, 1.54) is 18.2 Å². The molecule has 0 aliphatic rings. The highest BCUT2D eigenvalue weighted by Crippen LogP contribution is 2.11. The van der Waals surface area contributed by atoms with E-state index < -0.39 is 0 Å². The lowest BCUT2D eigenvalue weighted by atomic mass is 10.2. The van der Waals surface area contributed by atoms with Crippen molar-refractivity contribution in [2.75, 3.05) is 26.0 Å². The molecule has 2 N–H and O–H groups in total. The summed E-state index contributed by atoms with van der Waals surface area (Å²) in [7, 11) is 3.65. The molecule has 0 saturated heterocycles. The molecule has 0 spiro atoms. The van der Waals surface area contributed by atoms with Crippen molar-refractivity contribution in [3.8, 4) is 0 Å². The highest BCUT2D eigenvalue weighted by Gasteiger charge is 2.04. The van der Waals surface area contributed by atoms with E-state index in [-0.39, 0.29) is 17.6 Å². The zero-order valence-corrected chi connectivity index (χ0v) is 14.8. The molecular weight excluding hydrogens is 333 g/mol. The van der Waals surface area contributed by atoms with Crippen molar-refractivity contribution in [3.63, 3.8) is 0 Å². The Bertz CT molecular complexity index is 786. The van der Waals surface area contributed by atoms with Crippen LogP contribution in [0.5, 0.6) is 0 Å². The fourth-order valence-electron chi connectivity index (χ4n) is 2.24. The average molecular weight is 355 g/mol. The SMILES string of the molecule is CN(C)CC(=O)Nc1cccc(CNC(=O)/C=C/c2ccc(F)cc2)c1. The van der Waals surface area contributed by atoms with Crippen LogP contribution in [0.3, 0.4) is 0 Å². The molecule has 2 rings (SSSR count). The zero-order chi connectivity index (χ0) is 18.9. The van der Waals surface area contributed by atoms with E-state index in [9.17, 15) is 14.0 Å².